The number of nitriles is 1. The molecule has 1 aromatic heterocycles. The SMILES string of the molecule is N#Cc1cccc(S(=O)(=O)Nc2ccc(F)c(C#Cc3cnc(N)c(C=N)c3)c2F)c1. The van der Waals surface area contributed by atoms with Crippen molar-refractivity contribution in [1.29, 1.82) is 10.7 Å². The molecule has 31 heavy (non-hydrogen) atoms. The van der Waals surface area contributed by atoms with E-state index in [0.29, 0.717) is 0 Å². The fraction of sp³-hybridized carbons (Fsp3) is 0. The molecule has 7 nitrogen and oxygen atoms in total. The fourth-order valence-corrected chi connectivity index (χ4v) is 3.60. The summed E-state index contributed by atoms with van der Waals surface area (Å²) < 4.78 is 56.1. The minimum atomic E-state index is -4.24. The molecule has 0 saturated carbocycles. The van der Waals surface area contributed by atoms with Crippen LogP contribution in [0.4, 0.5) is 20.3 Å². The number of halogens is 2. The molecular weight excluding hydrogens is 424 g/mol. The van der Waals surface area contributed by atoms with Crippen molar-refractivity contribution < 1.29 is 17.2 Å². The second-order valence-electron chi connectivity index (χ2n) is 6.12. The van der Waals surface area contributed by atoms with E-state index in [0.717, 1.165) is 24.4 Å². The van der Waals surface area contributed by atoms with Crippen LogP contribution in [0.25, 0.3) is 0 Å². The lowest BCUT2D eigenvalue weighted by molar-refractivity contribution is 0.578. The number of pyridine rings is 1. The first-order valence-electron chi connectivity index (χ1n) is 8.54. The second-order valence-corrected chi connectivity index (χ2v) is 7.80. The molecule has 0 spiro atoms. The van der Waals surface area contributed by atoms with Gasteiger partial charge in [-0.3, -0.25) is 4.72 Å². The van der Waals surface area contributed by atoms with Crippen molar-refractivity contribution in [2.45, 2.75) is 4.90 Å². The summed E-state index contributed by atoms with van der Waals surface area (Å²) in [7, 11) is -4.24. The van der Waals surface area contributed by atoms with E-state index in [1.165, 1.54) is 30.5 Å². The van der Waals surface area contributed by atoms with E-state index in [9.17, 15) is 17.2 Å². The van der Waals surface area contributed by atoms with Crippen LogP contribution in [0.5, 0.6) is 0 Å². The van der Waals surface area contributed by atoms with Gasteiger partial charge in [0.1, 0.15) is 11.6 Å². The zero-order chi connectivity index (χ0) is 22.6. The molecule has 3 rings (SSSR count). The Kier molecular flexibility index (Phi) is 5.95. The van der Waals surface area contributed by atoms with Crippen molar-refractivity contribution >= 4 is 27.7 Å². The molecule has 0 aliphatic carbocycles. The van der Waals surface area contributed by atoms with Gasteiger partial charge in [-0.2, -0.15) is 5.26 Å². The van der Waals surface area contributed by atoms with Gasteiger partial charge in [-0.15, -0.1) is 0 Å². The van der Waals surface area contributed by atoms with Crippen molar-refractivity contribution in [2.75, 3.05) is 10.5 Å². The largest absolute Gasteiger partial charge is 0.383 e. The molecule has 0 aliphatic rings. The number of nitrogens with two attached hydrogens (primary N) is 1. The average molecular weight is 437 g/mol. The van der Waals surface area contributed by atoms with Gasteiger partial charge in [-0.1, -0.05) is 17.9 Å². The van der Waals surface area contributed by atoms with Crippen LogP contribution < -0.4 is 10.5 Å². The molecule has 0 atom stereocenters. The number of benzene rings is 2. The van der Waals surface area contributed by atoms with E-state index in [-0.39, 0.29) is 27.4 Å². The van der Waals surface area contributed by atoms with Crippen molar-refractivity contribution in [3.05, 3.63) is 82.5 Å². The van der Waals surface area contributed by atoms with Crippen molar-refractivity contribution in [1.82, 2.24) is 4.98 Å². The highest BCUT2D eigenvalue weighted by molar-refractivity contribution is 7.92. The van der Waals surface area contributed by atoms with Crippen LogP contribution >= 0.6 is 0 Å². The summed E-state index contributed by atoms with van der Waals surface area (Å²) >= 11 is 0. The van der Waals surface area contributed by atoms with Crippen LogP contribution in [0.3, 0.4) is 0 Å². The first-order valence-corrected chi connectivity index (χ1v) is 10.0. The third kappa shape index (κ3) is 4.66. The maximum absolute atomic E-state index is 14.8. The van der Waals surface area contributed by atoms with Gasteiger partial charge in [0.15, 0.2) is 5.82 Å². The molecular formula is C21H13F2N5O2S. The van der Waals surface area contributed by atoms with Crippen molar-refractivity contribution in [2.24, 2.45) is 0 Å². The Morgan fingerprint density at radius 2 is 1.90 bits per heavy atom. The Hall–Kier alpha value is -4.28. The second kappa shape index (κ2) is 8.61. The topological polar surface area (TPSA) is 133 Å². The first-order chi connectivity index (χ1) is 14.7. The van der Waals surface area contributed by atoms with E-state index >= 15 is 0 Å². The molecule has 0 bridgehead atoms. The predicted octanol–water partition coefficient (Wildman–Crippen LogP) is 3.01. The number of nitrogens with zero attached hydrogens (tertiary/aromatic N) is 2. The molecule has 3 aromatic rings. The monoisotopic (exact) mass is 437 g/mol. The van der Waals surface area contributed by atoms with E-state index in [1.54, 1.807) is 0 Å². The quantitative estimate of drug-likeness (QED) is 0.426. The summed E-state index contributed by atoms with van der Waals surface area (Å²) in [5.74, 6) is 2.75. The van der Waals surface area contributed by atoms with Gasteiger partial charge in [0.25, 0.3) is 10.0 Å². The van der Waals surface area contributed by atoms with Gasteiger partial charge >= 0.3 is 0 Å². The van der Waals surface area contributed by atoms with Gasteiger partial charge in [-0.25, -0.2) is 22.2 Å². The Balaban J connectivity index is 1.98. The summed E-state index contributed by atoms with van der Waals surface area (Å²) in [5.41, 5.74) is 5.07. The Morgan fingerprint density at radius 1 is 1.13 bits per heavy atom. The Bertz CT molecular complexity index is 1400. The molecule has 1 heterocycles. The lowest BCUT2D eigenvalue weighted by Crippen LogP contribution is -2.15. The van der Waals surface area contributed by atoms with E-state index < -0.39 is 32.9 Å². The van der Waals surface area contributed by atoms with E-state index in [1.807, 2.05) is 10.8 Å². The third-order valence-electron chi connectivity index (χ3n) is 4.05. The molecule has 0 aliphatic heterocycles. The van der Waals surface area contributed by atoms with Gasteiger partial charge in [0.2, 0.25) is 0 Å². The fourth-order valence-electron chi connectivity index (χ4n) is 2.49. The lowest BCUT2D eigenvalue weighted by atomic mass is 10.1. The highest BCUT2D eigenvalue weighted by Gasteiger charge is 2.19. The summed E-state index contributed by atoms with van der Waals surface area (Å²) in [5, 5.41) is 16.2. The number of nitrogen functional groups attached to an aromatic ring is 1. The molecule has 0 unspecified atom stereocenters. The lowest BCUT2D eigenvalue weighted by Gasteiger charge is -2.10. The number of anilines is 2. The molecule has 0 saturated heterocycles. The van der Waals surface area contributed by atoms with Gasteiger partial charge in [0, 0.05) is 23.5 Å². The van der Waals surface area contributed by atoms with Crippen LogP contribution in [0, 0.1) is 40.2 Å². The zero-order valence-electron chi connectivity index (χ0n) is 15.6. The molecule has 4 N–H and O–H groups in total. The normalized spacial score (nSPS) is 10.5. The van der Waals surface area contributed by atoms with Crippen LogP contribution in [0.1, 0.15) is 22.3 Å². The summed E-state index contributed by atoms with van der Waals surface area (Å²) in [4.78, 5) is 3.59. The Morgan fingerprint density at radius 3 is 2.61 bits per heavy atom. The maximum Gasteiger partial charge on any atom is 0.262 e. The van der Waals surface area contributed by atoms with Crippen LogP contribution in [0.15, 0.2) is 53.6 Å². The maximum atomic E-state index is 14.8. The van der Waals surface area contributed by atoms with E-state index in [2.05, 4.69) is 16.8 Å². The average Bonchev–Trinajstić information content (AvgIpc) is 2.76. The summed E-state index contributed by atoms with van der Waals surface area (Å²) in [6, 6.07) is 10.2. The van der Waals surface area contributed by atoms with Gasteiger partial charge in [0.05, 0.1) is 27.8 Å². The molecule has 154 valence electrons. The third-order valence-corrected chi connectivity index (χ3v) is 5.41. The van der Waals surface area contributed by atoms with Gasteiger partial charge < -0.3 is 11.1 Å². The predicted molar refractivity (Wildman–Crippen MR) is 111 cm³/mol. The Labute approximate surface area is 176 Å². The number of aromatic nitrogens is 1. The zero-order valence-corrected chi connectivity index (χ0v) is 16.5. The van der Waals surface area contributed by atoms with Gasteiger partial charge in [-0.05, 0) is 36.4 Å². The number of hydrogen-bond donors (Lipinski definition) is 3. The smallest absolute Gasteiger partial charge is 0.262 e. The minimum Gasteiger partial charge on any atom is -0.383 e. The number of hydrogen-bond acceptors (Lipinski definition) is 6. The summed E-state index contributed by atoms with van der Waals surface area (Å²) in [6.07, 6.45) is 2.24. The van der Waals surface area contributed by atoms with E-state index in [4.69, 9.17) is 16.4 Å². The number of rotatable bonds is 4. The van der Waals surface area contributed by atoms with Crippen LogP contribution in [-0.2, 0) is 10.0 Å². The molecule has 10 heteroatoms. The van der Waals surface area contributed by atoms with Crippen molar-refractivity contribution in [3.63, 3.8) is 0 Å². The standard InChI is InChI=1S/C21H13F2N5O2S/c22-18-6-7-19(28-31(29,30)16-3-1-2-13(9-16)10-24)20(23)17(18)5-4-14-8-15(11-25)21(26)27-12-14/h1-3,6-9,11-12,25,28H,(H2,26,27). The highest BCUT2D eigenvalue weighted by atomic mass is 32.2. The molecule has 2 aromatic carbocycles. The van der Waals surface area contributed by atoms with Crippen LogP contribution in [0.2, 0.25) is 0 Å². The first kappa shape index (κ1) is 21.4. The molecule has 0 amide bonds. The van der Waals surface area contributed by atoms with Crippen molar-refractivity contribution in [3.8, 4) is 17.9 Å². The molecule has 0 fully saturated rings. The minimum absolute atomic E-state index is 0.106. The van der Waals surface area contributed by atoms with Crippen LogP contribution in [-0.4, -0.2) is 19.6 Å². The highest BCUT2D eigenvalue weighted by Crippen LogP contribution is 2.24. The number of nitrogens with one attached hydrogen (secondary N) is 2. The summed E-state index contributed by atoms with van der Waals surface area (Å²) in [6.45, 7) is 0. The molecule has 0 radical (unpaired) electrons. The number of sulfonamides is 1.